The molecule has 0 radical (unpaired) electrons. The highest BCUT2D eigenvalue weighted by atomic mass is 32.2. The zero-order valence-corrected chi connectivity index (χ0v) is 12.8. The minimum absolute atomic E-state index is 0.160. The van der Waals surface area contributed by atoms with E-state index in [0.29, 0.717) is 10.9 Å². The Kier molecular flexibility index (Phi) is 4.74. The number of carbonyl (C=O) groups is 1. The molecule has 110 valence electrons. The summed E-state index contributed by atoms with van der Waals surface area (Å²) in [6.45, 7) is 5.30. The maximum Gasteiger partial charge on any atom is 0.273 e. The summed E-state index contributed by atoms with van der Waals surface area (Å²) >= 11 is 1.16. The quantitative estimate of drug-likeness (QED) is 0.842. The normalized spacial score (nSPS) is 12.0. The second kappa shape index (κ2) is 6.53. The average molecular weight is 304 g/mol. The van der Waals surface area contributed by atoms with Gasteiger partial charge >= 0.3 is 0 Å². The summed E-state index contributed by atoms with van der Waals surface area (Å²) in [6, 6.07) is 7.54. The maximum absolute atomic E-state index is 12.1. The lowest BCUT2D eigenvalue weighted by atomic mass is 10.2. The Morgan fingerprint density at radius 1 is 1.24 bits per heavy atom. The molecule has 2 N–H and O–H groups in total. The van der Waals surface area contributed by atoms with Crippen LogP contribution in [0.4, 0.5) is 5.69 Å². The van der Waals surface area contributed by atoms with Gasteiger partial charge in [-0.1, -0.05) is 29.5 Å². The first-order valence-corrected chi connectivity index (χ1v) is 7.31. The lowest BCUT2D eigenvalue weighted by molar-refractivity contribution is -0.115. The molecule has 1 amide bonds. The molecule has 0 spiro atoms. The fourth-order valence-electron chi connectivity index (χ4n) is 1.53. The van der Waals surface area contributed by atoms with Crippen molar-refractivity contribution >= 4 is 23.4 Å². The van der Waals surface area contributed by atoms with E-state index >= 15 is 0 Å². The number of nitrogens with one attached hydrogen (secondary N) is 2. The highest BCUT2D eigenvalue weighted by Crippen LogP contribution is 2.19. The van der Waals surface area contributed by atoms with Crippen LogP contribution in [-0.4, -0.2) is 26.3 Å². The van der Waals surface area contributed by atoms with Gasteiger partial charge in [0.2, 0.25) is 5.91 Å². The molecule has 21 heavy (non-hydrogen) atoms. The van der Waals surface area contributed by atoms with Crippen molar-refractivity contribution in [2.24, 2.45) is 0 Å². The van der Waals surface area contributed by atoms with Gasteiger partial charge in [0.15, 0.2) is 5.16 Å². The maximum atomic E-state index is 12.1. The van der Waals surface area contributed by atoms with Gasteiger partial charge in [-0.3, -0.25) is 14.6 Å². The highest BCUT2D eigenvalue weighted by Gasteiger charge is 2.16. The zero-order valence-electron chi connectivity index (χ0n) is 12.0. The number of hydrogen-bond donors (Lipinski definition) is 2. The SMILES string of the molecule is Cc1ccc(NC(=O)C(C)Sc2nnc(C)c(=O)[nH]2)cc1. The van der Waals surface area contributed by atoms with Crippen LogP contribution in [0, 0.1) is 13.8 Å². The molecule has 1 unspecified atom stereocenters. The topological polar surface area (TPSA) is 87.7 Å². The molecule has 0 aliphatic rings. The van der Waals surface area contributed by atoms with Crippen molar-refractivity contribution in [1.82, 2.24) is 15.2 Å². The van der Waals surface area contributed by atoms with Gasteiger partial charge in [0, 0.05) is 5.69 Å². The summed E-state index contributed by atoms with van der Waals surface area (Å²) in [7, 11) is 0. The van der Waals surface area contributed by atoms with E-state index in [2.05, 4.69) is 20.5 Å². The second-order valence-corrected chi connectivity index (χ2v) is 5.99. The van der Waals surface area contributed by atoms with Gasteiger partial charge in [-0.05, 0) is 32.9 Å². The van der Waals surface area contributed by atoms with Crippen LogP contribution in [0.25, 0.3) is 0 Å². The number of aromatic nitrogens is 3. The molecule has 7 heteroatoms. The number of nitrogens with zero attached hydrogens (tertiary/aromatic N) is 2. The Labute approximate surface area is 126 Å². The van der Waals surface area contributed by atoms with E-state index in [1.807, 2.05) is 31.2 Å². The molecule has 0 aliphatic heterocycles. The van der Waals surface area contributed by atoms with Crippen LogP contribution in [0.1, 0.15) is 18.2 Å². The fourth-order valence-corrected chi connectivity index (χ4v) is 2.27. The molecule has 0 saturated heterocycles. The van der Waals surface area contributed by atoms with Crippen LogP contribution >= 0.6 is 11.8 Å². The number of benzene rings is 1. The van der Waals surface area contributed by atoms with E-state index in [-0.39, 0.29) is 11.5 Å². The van der Waals surface area contributed by atoms with E-state index in [1.165, 1.54) is 0 Å². The number of anilines is 1. The monoisotopic (exact) mass is 304 g/mol. The lowest BCUT2D eigenvalue weighted by Gasteiger charge is -2.11. The molecule has 0 fully saturated rings. The number of amides is 1. The Bertz CT molecular complexity index is 697. The third-order valence-electron chi connectivity index (χ3n) is 2.82. The van der Waals surface area contributed by atoms with Crippen molar-refractivity contribution in [2.75, 3.05) is 5.32 Å². The molecular weight excluding hydrogens is 288 g/mol. The Morgan fingerprint density at radius 2 is 1.90 bits per heavy atom. The molecule has 1 aromatic heterocycles. The third-order valence-corrected chi connectivity index (χ3v) is 3.79. The van der Waals surface area contributed by atoms with Crippen LogP contribution in [0.15, 0.2) is 34.2 Å². The molecule has 0 saturated carbocycles. The third kappa shape index (κ3) is 4.16. The Morgan fingerprint density at radius 3 is 2.52 bits per heavy atom. The summed E-state index contributed by atoms with van der Waals surface area (Å²) in [6.07, 6.45) is 0. The predicted octanol–water partition coefficient (Wildman–Crippen LogP) is 1.90. The van der Waals surface area contributed by atoms with Crippen molar-refractivity contribution in [3.63, 3.8) is 0 Å². The van der Waals surface area contributed by atoms with Crippen LogP contribution < -0.4 is 10.9 Å². The largest absolute Gasteiger partial charge is 0.325 e. The molecule has 0 aliphatic carbocycles. The molecule has 1 aromatic carbocycles. The summed E-state index contributed by atoms with van der Waals surface area (Å²) in [5.74, 6) is -0.160. The van der Waals surface area contributed by atoms with E-state index < -0.39 is 5.25 Å². The summed E-state index contributed by atoms with van der Waals surface area (Å²) in [4.78, 5) is 26.1. The van der Waals surface area contributed by atoms with Gasteiger partial charge < -0.3 is 5.32 Å². The van der Waals surface area contributed by atoms with Crippen LogP contribution in [-0.2, 0) is 4.79 Å². The zero-order chi connectivity index (χ0) is 15.4. The Hall–Kier alpha value is -2.15. The van der Waals surface area contributed by atoms with Crippen LogP contribution in [0.3, 0.4) is 0 Å². The van der Waals surface area contributed by atoms with E-state index in [0.717, 1.165) is 23.0 Å². The predicted molar refractivity (Wildman–Crippen MR) is 82.5 cm³/mol. The van der Waals surface area contributed by atoms with Crippen molar-refractivity contribution in [1.29, 1.82) is 0 Å². The van der Waals surface area contributed by atoms with E-state index in [1.54, 1.807) is 13.8 Å². The number of carbonyl (C=O) groups excluding carboxylic acids is 1. The molecule has 6 nitrogen and oxygen atoms in total. The van der Waals surface area contributed by atoms with Gasteiger partial charge in [-0.25, -0.2) is 0 Å². The summed E-state index contributed by atoms with van der Waals surface area (Å²) in [5.41, 5.74) is 1.87. The number of rotatable bonds is 4. The van der Waals surface area contributed by atoms with Gasteiger partial charge in [0.1, 0.15) is 5.69 Å². The van der Waals surface area contributed by atoms with Crippen molar-refractivity contribution in [3.05, 3.63) is 45.9 Å². The molecule has 1 heterocycles. The van der Waals surface area contributed by atoms with Gasteiger partial charge in [0.05, 0.1) is 5.25 Å². The van der Waals surface area contributed by atoms with Crippen LogP contribution in [0.2, 0.25) is 0 Å². The smallest absolute Gasteiger partial charge is 0.273 e. The minimum Gasteiger partial charge on any atom is -0.325 e. The molecule has 0 bridgehead atoms. The molecule has 2 aromatic rings. The van der Waals surface area contributed by atoms with E-state index in [9.17, 15) is 9.59 Å². The fraction of sp³-hybridized carbons (Fsp3) is 0.286. The lowest BCUT2D eigenvalue weighted by Crippen LogP contribution is -2.23. The minimum atomic E-state index is -0.404. The highest BCUT2D eigenvalue weighted by molar-refractivity contribution is 8.00. The van der Waals surface area contributed by atoms with Crippen LogP contribution in [0.5, 0.6) is 0 Å². The average Bonchev–Trinajstić information content (AvgIpc) is 2.45. The number of aryl methyl sites for hydroxylation is 2. The number of thioether (sulfide) groups is 1. The first kappa shape index (κ1) is 15.2. The van der Waals surface area contributed by atoms with E-state index in [4.69, 9.17) is 0 Å². The van der Waals surface area contributed by atoms with Crippen molar-refractivity contribution in [3.8, 4) is 0 Å². The number of aromatic amines is 1. The van der Waals surface area contributed by atoms with Crippen molar-refractivity contribution in [2.45, 2.75) is 31.2 Å². The first-order chi connectivity index (χ1) is 9.95. The van der Waals surface area contributed by atoms with Crippen molar-refractivity contribution < 1.29 is 4.79 Å². The number of hydrogen-bond acceptors (Lipinski definition) is 5. The molecule has 2 rings (SSSR count). The van der Waals surface area contributed by atoms with Gasteiger partial charge in [0.25, 0.3) is 5.56 Å². The van der Waals surface area contributed by atoms with Gasteiger partial charge in [-0.15, -0.1) is 10.2 Å². The number of H-pyrrole nitrogens is 1. The molecular formula is C14H16N4O2S. The summed E-state index contributed by atoms with van der Waals surface area (Å²) < 4.78 is 0. The molecule has 1 atom stereocenters. The van der Waals surface area contributed by atoms with Gasteiger partial charge in [-0.2, -0.15) is 0 Å². The first-order valence-electron chi connectivity index (χ1n) is 6.43. The summed E-state index contributed by atoms with van der Waals surface area (Å²) in [5, 5.41) is 10.3. The Balaban J connectivity index is 2.00. The standard InChI is InChI=1S/C14H16N4O2S/c1-8-4-6-11(7-5-8)15-13(20)10(3)21-14-16-12(19)9(2)17-18-14/h4-7,10H,1-3H3,(H,15,20)(H,16,18,19). The second-order valence-electron chi connectivity index (χ2n) is 4.66.